The number of hydrogen-bond donors (Lipinski definition) is 1. The standard InChI is InChI=1S/C17H14N4O2S2/c22-25(23,14-10-18-21(12-14)13-6-2-1-3-7-13)19-11-17-20-15-8-4-5-9-16(15)24-17/h1-10,12,19H,11H2. The van der Waals surface area contributed by atoms with E-state index in [1.807, 2.05) is 54.6 Å². The molecule has 1 N–H and O–H groups in total. The normalized spacial score (nSPS) is 11.8. The van der Waals surface area contributed by atoms with Gasteiger partial charge in [0.15, 0.2) is 0 Å². The molecule has 25 heavy (non-hydrogen) atoms. The zero-order valence-electron chi connectivity index (χ0n) is 13.0. The van der Waals surface area contributed by atoms with Gasteiger partial charge in [0.05, 0.1) is 34.8 Å². The maximum atomic E-state index is 12.5. The molecule has 2 aromatic carbocycles. The first-order valence-electron chi connectivity index (χ1n) is 7.56. The van der Waals surface area contributed by atoms with E-state index < -0.39 is 10.0 Å². The quantitative estimate of drug-likeness (QED) is 0.586. The van der Waals surface area contributed by atoms with Crippen LogP contribution in [0.15, 0.2) is 71.9 Å². The van der Waals surface area contributed by atoms with Crippen LogP contribution < -0.4 is 4.72 Å². The Balaban J connectivity index is 1.53. The third kappa shape index (κ3) is 3.32. The zero-order valence-corrected chi connectivity index (χ0v) is 14.7. The summed E-state index contributed by atoms with van der Waals surface area (Å²) in [5.41, 5.74) is 1.67. The van der Waals surface area contributed by atoms with Crippen LogP contribution in [0.4, 0.5) is 0 Å². The lowest BCUT2D eigenvalue weighted by atomic mass is 10.3. The third-order valence-corrected chi connectivity index (χ3v) is 6.03. The number of benzene rings is 2. The first-order valence-corrected chi connectivity index (χ1v) is 9.86. The SMILES string of the molecule is O=S(=O)(NCc1nc2ccccc2s1)c1cnn(-c2ccccc2)c1. The molecule has 0 aliphatic heterocycles. The molecule has 0 aliphatic rings. The molecule has 0 unspecified atom stereocenters. The van der Waals surface area contributed by atoms with Crippen LogP contribution >= 0.6 is 11.3 Å². The van der Waals surface area contributed by atoms with Gasteiger partial charge in [0.2, 0.25) is 10.0 Å². The van der Waals surface area contributed by atoms with Crippen LogP contribution in [0.25, 0.3) is 15.9 Å². The van der Waals surface area contributed by atoms with Crippen molar-refractivity contribution in [3.8, 4) is 5.69 Å². The summed E-state index contributed by atoms with van der Waals surface area (Å²) in [7, 11) is -3.65. The number of para-hydroxylation sites is 2. The summed E-state index contributed by atoms with van der Waals surface area (Å²) in [6, 6.07) is 17.1. The molecule has 2 heterocycles. The van der Waals surface area contributed by atoms with E-state index in [1.165, 1.54) is 28.4 Å². The fourth-order valence-corrected chi connectivity index (χ4v) is 4.32. The van der Waals surface area contributed by atoms with Crippen molar-refractivity contribution in [1.29, 1.82) is 0 Å². The summed E-state index contributed by atoms with van der Waals surface area (Å²) in [6.07, 6.45) is 2.84. The van der Waals surface area contributed by atoms with Gasteiger partial charge in [0.25, 0.3) is 0 Å². The van der Waals surface area contributed by atoms with Crippen LogP contribution in [0.2, 0.25) is 0 Å². The summed E-state index contributed by atoms with van der Waals surface area (Å²) in [4.78, 5) is 4.56. The number of sulfonamides is 1. The van der Waals surface area contributed by atoms with Crippen LogP contribution in [-0.2, 0) is 16.6 Å². The number of rotatable bonds is 5. The molecule has 0 spiro atoms. The number of hydrogen-bond acceptors (Lipinski definition) is 5. The van der Waals surface area contributed by atoms with E-state index in [1.54, 1.807) is 0 Å². The Labute approximate surface area is 148 Å². The molecule has 0 saturated heterocycles. The molecule has 4 aromatic rings. The molecule has 0 fully saturated rings. The highest BCUT2D eigenvalue weighted by Gasteiger charge is 2.17. The highest BCUT2D eigenvalue weighted by atomic mass is 32.2. The average Bonchev–Trinajstić information content (AvgIpc) is 3.28. The fraction of sp³-hybridized carbons (Fsp3) is 0.0588. The molecule has 0 atom stereocenters. The Morgan fingerprint density at radius 3 is 2.60 bits per heavy atom. The molecule has 0 radical (unpaired) electrons. The molecule has 8 heteroatoms. The molecule has 6 nitrogen and oxygen atoms in total. The number of fused-ring (bicyclic) bond motifs is 1. The Kier molecular flexibility index (Phi) is 4.08. The summed E-state index contributed by atoms with van der Waals surface area (Å²) >= 11 is 1.48. The predicted molar refractivity (Wildman–Crippen MR) is 97.2 cm³/mol. The monoisotopic (exact) mass is 370 g/mol. The molecular formula is C17H14N4O2S2. The van der Waals surface area contributed by atoms with Gasteiger partial charge >= 0.3 is 0 Å². The smallest absolute Gasteiger partial charge is 0.240 e. The molecule has 4 rings (SSSR count). The summed E-state index contributed by atoms with van der Waals surface area (Å²) < 4.78 is 30.1. The number of nitrogens with zero attached hydrogens (tertiary/aromatic N) is 3. The maximum Gasteiger partial charge on any atom is 0.244 e. The second kappa shape index (κ2) is 6.40. The van der Waals surface area contributed by atoms with Gasteiger partial charge in [-0.05, 0) is 24.3 Å². The van der Waals surface area contributed by atoms with Gasteiger partial charge < -0.3 is 0 Å². The Hall–Kier alpha value is -2.55. The topological polar surface area (TPSA) is 76.9 Å². The van der Waals surface area contributed by atoms with Gasteiger partial charge in [-0.3, -0.25) is 0 Å². The Morgan fingerprint density at radius 1 is 1.04 bits per heavy atom. The largest absolute Gasteiger partial charge is 0.244 e. The van der Waals surface area contributed by atoms with Crippen LogP contribution in [0, 0.1) is 0 Å². The molecule has 0 saturated carbocycles. The first kappa shape index (κ1) is 15.9. The van der Waals surface area contributed by atoms with Crippen LogP contribution in [0.1, 0.15) is 5.01 Å². The Morgan fingerprint density at radius 2 is 1.80 bits per heavy atom. The molecular weight excluding hydrogens is 356 g/mol. The number of thiazole rings is 1. The molecule has 0 amide bonds. The fourth-order valence-electron chi connectivity index (χ4n) is 2.40. The van der Waals surface area contributed by atoms with E-state index in [2.05, 4.69) is 14.8 Å². The average molecular weight is 370 g/mol. The van der Waals surface area contributed by atoms with Crippen LogP contribution in [0.3, 0.4) is 0 Å². The van der Waals surface area contributed by atoms with Gasteiger partial charge in [-0.1, -0.05) is 30.3 Å². The van der Waals surface area contributed by atoms with E-state index in [0.29, 0.717) is 0 Å². The van der Waals surface area contributed by atoms with E-state index in [-0.39, 0.29) is 11.4 Å². The minimum absolute atomic E-state index is 0.123. The van der Waals surface area contributed by atoms with Crippen molar-refractivity contribution < 1.29 is 8.42 Å². The first-order chi connectivity index (χ1) is 12.1. The van der Waals surface area contributed by atoms with Crippen molar-refractivity contribution >= 4 is 31.6 Å². The number of aromatic nitrogens is 3. The van der Waals surface area contributed by atoms with Crippen molar-refractivity contribution in [3.05, 3.63) is 72.0 Å². The minimum Gasteiger partial charge on any atom is -0.240 e. The second-order valence-corrected chi connectivity index (χ2v) is 8.24. The lowest BCUT2D eigenvalue weighted by Gasteiger charge is -2.02. The molecule has 0 bridgehead atoms. The van der Waals surface area contributed by atoms with Crippen molar-refractivity contribution in [2.45, 2.75) is 11.4 Å². The highest BCUT2D eigenvalue weighted by Crippen LogP contribution is 2.22. The van der Waals surface area contributed by atoms with Gasteiger partial charge in [-0.2, -0.15) is 5.10 Å². The summed E-state index contributed by atoms with van der Waals surface area (Å²) in [5.74, 6) is 0. The second-order valence-electron chi connectivity index (χ2n) is 5.36. The van der Waals surface area contributed by atoms with E-state index >= 15 is 0 Å². The van der Waals surface area contributed by atoms with Crippen LogP contribution in [0.5, 0.6) is 0 Å². The van der Waals surface area contributed by atoms with Crippen molar-refractivity contribution in [3.63, 3.8) is 0 Å². The van der Waals surface area contributed by atoms with Crippen LogP contribution in [-0.4, -0.2) is 23.2 Å². The molecule has 126 valence electrons. The summed E-state index contributed by atoms with van der Waals surface area (Å²) in [5, 5.41) is 4.85. The van der Waals surface area contributed by atoms with Crippen molar-refractivity contribution in [2.75, 3.05) is 0 Å². The van der Waals surface area contributed by atoms with Gasteiger partial charge in [0.1, 0.15) is 9.90 Å². The summed E-state index contributed by atoms with van der Waals surface area (Å²) in [6.45, 7) is 0.151. The van der Waals surface area contributed by atoms with Crippen molar-refractivity contribution in [2.24, 2.45) is 0 Å². The van der Waals surface area contributed by atoms with Gasteiger partial charge in [0, 0.05) is 0 Å². The maximum absolute atomic E-state index is 12.5. The van der Waals surface area contributed by atoms with E-state index in [4.69, 9.17) is 0 Å². The van der Waals surface area contributed by atoms with Gasteiger partial charge in [-0.15, -0.1) is 11.3 Å². The third-order valence-electron chi connectivity index (χ3n) is 3.64. The number of nitrogens with one attached hydrogen (secondary N) is 1. The lowest BCUT2D eigenvalue weighted by molar-refractivity contribution is 0.581. The Bertz CT molecular complexity index is 1080. The molecule has 2 aromatic heterocycles. The zero-order chi connectivity index (χ0) is 17.3. The molecule has 0 aliphatic carbocycles. The van der Waals surface area contributed by atoms with E-state index in [9.17, 15) is 8.42 Å². The predicted octanol–water partition coefficient (Wildman–Crippen LogP) is 2.96. The van der Waals surface area contributed by atoms with Crippen molar-refractivity contribution in [1.82, 2.24) is 19.5 Å². The lowest BCUT2D eigenvalue weighted by Crippen LogP contribution is -2.22. The van der Waals surface area contributed by atoms with E-state index in [0.717, 1.165) is 20.9 Å². The van der Waals surface area contributed by atoms with Gasteiger partial charge in [-0.25, -0.2) is 22.8 Å². The highest BCUT2D eigenvalue weighted by molar-refractivity contribution is 7.89. The minimum atomic E-state index is -3.65.